The Hall–Kier alpha value is -3.89. The Bertz CT molecular complexity index is 1300. The van der Waals surface area contributed by atoms with Gasteiger partial charge in [0.05, 0.1) is 21.9 Å². The summed E-state index contributed by atoms with van der Waals surface area (Å²) in [5.41, 5.74) is 0.786. The van der Waals surface area contributed by atoms with Gasteiger partial charge in [0.1, 0.15) is 5.02 Å². The topological polar surface area (TPSA) is 128 Å². The summed E-state index contributed by atoms with van der Waals surface area (Å²) in [6.07, 6.45) is -1.34. The third-order valence-corrected chi connectivity index (χ3v) is 6.22. The van der Waals surface area contributed by atoms with Gasteiger partial charge in [0, 0.05) is 22.2 Å². The van der Waals surface area contributed by atoms with E-state index in [2.05, 4.69) is 10.6 Å². The van der Waals surface area contributed by atoms with Gasteiger partial charge in [0.15, 0.2) is 0 Å². The van der Waals surface area contributed by atoms with E-state index in [1.807, 2.05) is 0 Å². The first-order chi connectivity index (χ1) is 16.3. The minimum atomic E-state index is -1.34. The first-order valence-electron chi connectivity index (χ1n) is 9.89. The molecule has 0 spiro atoms. The van der Waals surface area contributed by atoms with E-state index in [4.69, 9.17) is 16.3 Å². The Labute approximate surface area is 202 Å². The van der Waals surface area contributed by atoms with Crippen molar-refractivity contribution in [3.05, 3.63) is 93.0 Å². The average molecular weight is 498 g/mol. The Morgan fingerprint density at radius 1 is 1.12 bits per heavy atom. The van der Waals surface area contributed by atoms with E-state index in [9.17, 15) is 24.5 Å². The molecule has 4 rings (SSSR count). The third kappa shape index (κ3) is 5.19. The molecular formula is C23H16ClN3O6S. The van der Waals surface area contributed by atoms with Gasteiger partial charge in [-0.15, -0.1) is 11.8 Å². The van der Waals surface area contributed by atoms with E-state index in [1.165, 1.54) is 30.0 Å². The van der Waals surface area contributed by atoms with Gasteiger partial charge in [-0.25, -0.2) is 4.79 Å². The Morgan fingerprint density at radius 2 is 1.88 bits per heavy atom. The number of hydrogen-bond acceptors (Lipinski definition) is 7. The first-order valence-corrected chi connectivity index (χ1v) is 11.3. The number of nitrogens with zero attached hydrogens (tertiary/aromatic N) is 1. The number of ether oxygens (including phenoxy) is 1. The molecule has 1 unspecified atom stereocenters. The Kier molecular flexibility index (Phi) is 6.80. The lowest BCUT2D eigenvalue weighted by Gasteiger charge is -2.20. The summed E-state index contributed by atoms with van der Waals surface area (Å²) in [6, 6.07) is 16.9. The molecule has 172 valence electrons. The van der Waals surface area contributed by atoms with Gasteiger partial charge in [0.2, 0.25) is 12.0 Å². The zero-order chi connectivity index (χ0) is 24.2. The third-order valence-electron chi connectivity index (χ3n) is 4.82. The van der Waals surface area contributed by atoms with Gasteiger partial charge >= 0.3 is 5.97 Å². The smallest absolute Gasteiger partial charge is 0.339 e. The number of nitro groups is 1. The molecule has 34 heavy (non-hydrogen) atoms. The van der Waals surface area contributed by atoms with Crippen molar-refractivity contribution in [1.29, 1.82) is 0 Å². The lowest BCUT2D eigenvalue weighted by molar-refractivity contribution is -0.384. The fourth-order valence-electron chi connectivity index (χ4n) is 3.22. The number of rotatable bonds is 6. The summed E-state index contributed by atoms with van der Waals surface area (Å²) in [7, 11) is 0. The molecule has 3 aromatic carbocycles. The summed E-state index contributed by atoms with van der Waals surface area (Å²) in [5.74, 6) is -1.38. The van der Waals surface area contributed by atoms with Gasteiger partial charge in [-0.05, 0) is 30.3 Å². The maximum atomic E-state index is 13.1. The van der Waals surface area contributed by atoms with E-state index in [0.717, 1.165) is 11.0 Å². The number of fused-ring (bicyclic) bond motifs is 1. The molecule has 0 bridgehead atoms. The van der Waals surface area contributed by atoms with Crippen LogP contribution >= 0.6 is 23.4 Å². The molecule has 2 amide bonds. The SMILES string of the molecule is O=C1CSc2ccc(C(=O)OC(C(=O)Nc3ccc(Cl)c([N+](=O)[O-])c3)c3ccccc3)cc2N1. The molecule has 0 fully saturated rings. The highest BCUT2D eigenvalue weighted by atomic mass is 35.5. The molecule has 0 saturated heterocycles. The average Bonchev–Trinajstić information content (AvgIpc) is 2.83. The van der Waals surface area contributed by atoms with Crippen LogP contribution in [-0.4, -0.2) is 28.5 Å². The number of carbonyl (C=O) groups excluding carboxylic acids is 3. The van der Waals surface area contributed by atoms with Crippen LogP contribution in [0.4, 0.5) is 17.1 Å². The Balaban J connectivity index is 1.59. The van der Waals surface area contributed by atoms with Gasteiger partial charge in [-0.2, -0.15) is 0 Å². The van der Waals surface area contributed by atoms with Gasteiger partial charge in [0.25, 0.3) is 11.6 Å². The summed E-state index contributed by atoms with van der Waals surface area (Å²) < 4.78 is 5.55. The van der Waals surface area contributed by atoms with E-state index >= 15 is 0 Å². The molecule has 2 N–H and O–H groups in total. The quantitative estimate of drug-likeness (QED) is 0.283. The van der Waals surface area contributed by atoms with E-state index < -0.39 is 22.9 Å². The molecule has 9 nitrogen and oxygen atoms in total. The van der Waals surface area contributed by atoms with Crippen LogP contribution in [0.5, 0.6) is 0 Å². The lowest BCUT2D eigenvalue weighted by atomic mass is 10.1. The van der Waals surface area contributed by atoms with Crippen molar-refractivity contribution >= 4 is 58.2 Å². The zero-order valence-corrected chi connectivity index (χ0v) is 18.9. The number of hydrogen-bond donors (Lipinski definition) is 2. The molecule has 1 aliphatic heterocycles. The first kappa shape index (κ1) is 23.3. The summed E-state index contributed by atoms with van der Waals surface area (Å²) in [6.45, 7) is 0. The van der Waals surface area contributed by atoms with Crippen LogP contribution in [0.1, 0.15) is 22.0 Å². The lowest BCUT2D eigenvalue weighted by Crippen LogP contribution is -2.26. The highest BCUT2D eigenvalue weighted by Gasteiger charge is 2.27. The van der Waals surface area contributed by atoms with Crippen molar-refractivity contribution < 1.29 is 24.0 Å². The number of anilines is 2. The van der Waals surface area contributed by atoms with E-state index in [1.54, 1.807) is 42.5 Å². The van der Waals surface area contributed by atoms with Gasteiger partial charge < -0.3 is 15.4 Å². The largest absolute Gasteiger partial charge is 0.444 e. The van der Waals surface area contributed by atoms with Crippen molar-refractivity contribution in [2.75, 3.05) is 16.4 Å². The molecular weight excluding hydrogens is 482 g/mol. The molecule has 3 aromatic rings. The van der Waals surface area contributed by atoms with Crippen LogP contribution in [0.15, 0.2) is 71.6 Å². The molecule has 0 radical (unpaired) electrons. The highest BCUT2D eigenvalue weighted by molar-refractivity contribution is 8.00. The number of thioether (sulfide) groups is 1. The number of amides is 2. The monoisotopic (exact) mass is 497 g/mol. The number of benzene rings is 3. The van der Waals surface area contributed by atoms with Crippen molar-refractivity contribution in [1.82, 2.24) is 0 Å². The van der Waals surface area contributed by atoms with Crippen LogP contribution in [-0.2, 0) is 14.3 Å². The zero-order valence-electron chi connectivity index (χ0n) is 17.3. The second kappa shape index (κ2) is 9.94. The van der Waals surface area contributed by atoms with Crippen LogP contribution in [0.2, 0.25) is 5.02 Å². The Morgan fingerprint density at radius 3 is 2.62 bits per heavy atom. The molecule has 11 heteroatoms. The minimum Gasteiger partial charge on any atom is -0.444 e. The normalized spacial score (nSPS) is 13.3. The van der Waals surface area contributed by atoms with Gasteiger partial charge in [-0.3, -0.25) is 19.7 Å². The number of carbonyl (C=O) groups is 3. The number of esters is 1. The number of halogens is 1. The van der Waals surface area contributed by atoms with E-state index in [0.29, 0.717) is 11.3 Å². The number of nitro benzene ring substituents is 1. The second-order valence-electron chi connectivity index (χ2n) is 7.16. The fourth-order valence-corrected chi connectivity index (χ4v) is 4.20. The predicted molar refractivity (Wildman–Crippen MR) is 127 cm³/mol. The molecule has 1 heterocycles. The summed E-state index contributed by atoms with van der Waals surface area (Å²) in [5, 5.41) is 16.3. The minimum absolute atomic E-state index is 0.0771. The predicted octanol–water partition coefficient (Wildman–Crippen LogP) is 4.83. The van der Waals surface area contributed by atoms with E-state index in [-0.39, 0.29) is 33.6 Å². The highest BCUT2D eigenvalue weighted by Crippen LogP contribution is 2.33. The standard InChI is InChI=1S/C23H16ClN3O6S/c24-16-8-7-15(11-18(16)27(31)32)25-22(29)21(13-4-2-1-3-5-13)33-23(30)14-6-9-19-17(10-14)26-20(28)12-34-19/h1-11,21H,12H2,(H,25,29)(H,26,28). The second-order valence-corrected chi connectivity index (χ2v) is 8.58. The van der Waals surface area contributed by atoms with Crippen molar-refractivity contribution in [2.45, 2.75) is 11.0 Å². The molecule has 0 aromatic heterocycles. The van der Waals surface area contributed by atoms with Crippen molar-refractivity contribution in [3.8, 4) is 0 Å². The molecule has 0 aliphatic carbocycles. The van der Waals surface area contributed by atoms with Crippen LogP contribution in [0.3, 0.4) is 0 Å². The number of nitrogens with one attached hydrogen (secondary N) is 2. The fraction of sp³-hybridized carbons (Fsp3) is 0.0870. The van der Waals surface area contributed by atoms with Crippen LogP contribution in [0.25, 0.3) is 0 Å². The van der Waals surface area contributed by atoms with Crippen LogP contribution in [0, 0.1) is 10.1 Å². The van der Waals surface area contributed by atoms with Gasteiger partial charge in [-0.1, -0.05) is 41.9 Å². The van der Waals surface area contributed by atoms with Crippen molar-refractivity contribution in [2.24, 2.45) is 0 Å². The maximum Gasteiger partial charge on any atom is 0.339 e. The van der Waals surface area contributed by atoms with Crippen LogP contribution < -0.4 is 10.6 Å². The summed E-state index contributed by atoms with van der Waals surface area (Å²) in [4.78, 5) is 49.0. The van der Waals surface area contributed by atoms with Crippen molar-refractivity contribution in [3.63, 3.8) is 0 Å². The summed E-state index contributed by atoms with van der Waals surface area (Å²) >= 11 is 7.18. The molecule has 0 saturated carbocycles. The molecule has 1 aliphatic rings. The molecule has 1 atom stereocenters. The maximum absolute atomic E-state index is 13.1.